The van der Waals surface area contributed by atoms with Crippen molar-refractivity contribution in [3.63, 3.8) is 0 Å². The lowest BCUT2D eigenvalue weighted by atomic mass is 10.2. The molecule has 3 aromatic rings. The summed E-state index contributed by atoms with van der Waals surface area (Å²) in [6, 6.07) is 8.61. The normalized spacial score (nSPS) is 10.9. The number of fused-ring (bicyclic) bond motifs is 1. The number of phenols is 1. The van der Waals surface area contributed by atoms with Crippen molar-refractivity contribution in [2.75, 3.05) is 0 Å². The van der Waals surface area contributed by atoms with Crippen molar-refractivity contribution in [3.05, 3.63) is 41.6 Å². The summed E-state index contributed by atoms with van der Waals surface area (Å²) in [6.45, 7) is 0. The Hall–Kier alpha value is -2.07. The van der Waals surface area contributed by atoms with Crippen LogP contribution in [0.15, 0.2) is 36.5 Å². The van der Waals surface area contributed by atoms with Gasteiger partial charge in [-0.3, -0.25) is 0 Å². The molecule has 0 aliphatic rings. The number of hydrogen-bond donors (Lipinski definition) is 2. The van der Waals surface area contributed by atoms with Gasteiger partial charge in [0.05, 0.1) is 11.1 Å². The summed E-state index contributed by atoms with van der Waals surface area (Å²) in [6.07, 6.45) is 1.68. The molecule has 0 radical (unpaired) electrons. The predicted molar refractivity (Wildman–Crippen MR) is 66.0 cm³/mol. The van der Waals surface area contributed by atoms with Crippen LogP contribution in [0.25, 0.3) is 22.6 Å². The van der Waals surface area contributed by atoms with Gasteiger partial charge in [0.1, 0.15) is 11.6 Å². The average Bonchev–Trinajstić information content (AvgIpc) is 2.72. The molecule has 84 valence electrons. The number of aromatic hydroxyl groups is 1. The summed E-state index contributed by atoms with van der Waals surface area (Å²) in [5.74, 6) is 0.671. The lowest BCUT2D eigenvalue weighted by molar-refractivity contribution is 0.477. The number of aromatic amines is 1. The molecule has 1 aromatic carbocycles. The van der Waals surface area contributed by atoms with E-state index >= 15 is 0 Å². The highest BCUT2D eigenvalue weighted by molar-refractivity contribution is 6.30. The third kappa shape index (κ3) is 1.72. The van der Waals surface area contributed by atoms with E-state index < -0.39 is 0 Å². The molecule has 5 heteroatoms. The Kier molecular flexibility index (Phi) is 2.23. The first-order valence-electron chi connectivity index (χ1n) is 5.03. The van der Waals surface area contributed by atoms with E-state index in [2.05, 4.69) is 15.0 Å². The van der Waals surface area contributed by atoms with Crippen LogP contribution in [0.1, 0.15) is 0 Å². The van der Waals surface area contributed by atoms with Gasteiger partial charge in [-0.2, -0.15) is 0 Å². The number of rotatable bonds is 1. The van der Waals surface area contributed by atoms with Crippen LogP contribution >= 0.6 is 11.6 Å². The molecule has 0 aliphatic heterocycles. The van der Waals surface area contributed by atoms with Crippen molar-refractivity contribution in [1.29, 1.82) is 0 Å². The van der Waals surface area contributed by atoms with Gasteiger partial charge in [0.2, 0.25) is 0 Å². The molecule has 2 heterocycles. The van der Waals surface area contributed by atoms with Crippen molar-refractivity contribution in [2.45, 2.75) is 0 Å². The number of aromatic nitrogens is 3. The van der Waals surface area contributed by atoms with Gasteiger partial charge in [-0.25, -0.2) is 9.97 Å². The highest BCUT2D eigenvalue weighted by Gasteiger charge is 2.09. The first-order valence-corrected chi connectivity index (χ1v) is 5.41. The fourth-order valence-corrected chi connectivity index (χ4v) is 1.84. The lowest BCUT2D eigenvalue weighted by Crippen LogP contribution is -1.81. The van der Waals surface area contributed by atoms with Crippen LogP contribution in [0.2, 0.25) is 5.02 Å². The maximum atomic E-state index is 9.81. The molecule has 2 aromatic heterocycles. The molecule has 0 amide bonds. The van der Waals surface area contributed by atoms with Gasteiger partial charge < -0.3 is 10.1 Å². The Morgan fingerprint density at radius 3 is 2.88 bits per heavy atom. The Labute approximate surface area is 102 Å². The van der Waals surface area contributed by atoms with Gasteiger partial charge in [0.25, 0.3) is 0 Å². The molecule has 0 saturated carbocycles. The summed E-state index contributed by atoms with van der Waals surface area (Å²) >= 11 is 5.78. The Balaban J connectivity index is 2.20. The van der Waals surface area contributed by atoms with Gasteiger partial charge >= 0.3 is 0 Å². The first kappa shape index (κ1) is 10.1. The lowest BCUT2D eigenvalue weighted by Gasteiger charge is -2.00. The minimum atomic E-state index is 0.0940. The topological polar surface area (TPSA) is 61.8 Å². The quantitative estimate of drug-likeness (QED) is 0.693. The number of hydrogen-bond acceptors (Lipinski definition) is 3. The zero-order chi connectivity index (χ0) is 11.8. The third-order valence-electron chi connectivity index (χ3n) is 2.47. The maximum Gasteiger partial charge on any atom is 0.178 e. The highest BCUT2D eigenvalue weighted by atomic mass is 35.5. The smallest absolute Gasteiger partial charge is 0.178 e. The van der Waals surface area contributed by atoms with Crippen LogP contribution in [-0.2, 0) is 0 Å². The standard InChI is InChI=1S/C12H8ClN3O/c13-7-3-4-8(10(17)6-7)11-15-9-2-1-5-14-12(9)16-11/h1-6,17H,(H,14,15,16). The summed E-state index contributed by atoms with van der Waals surface area (Å²) in [5.41, 5.74) is 2.06. The molecular formula is C12H8ClN3O. The fraction of sp³-hybridized carbons (Fsp3) is 0. The molecule has 3 rings (SSSR count). The van der Waals surface area contributed by atoms with Gasteiger partial charge in [-0.05, 0) is 30.3 Å². The van der Waals surface area contributed by atoms with E-state index in [0.717, 1.165) is 5.52 Å². The molecule has 0 atom stereocenters. The Morgan fingerprint density at radius 1 is 1.24 bits per heavy atom. The molecule has 4 nitrogen and oxygen atoms in total. The number of pyridine rings is 1. The third-order valence-corrected chi connectivity index (χ3v) is 2.71. The second-order valence-corrected chi connectivity index (χ2v) is 4.06. The Bertz CT molecular complexity index is 660. The monoisotopic (exact) mass is 245 g/mol. The average molecular weight is 246 g/mol. The summed E-state index contributed by atoms with van der Waals surface area (Å²) in [7, 11) is 0. The van der Waals surface area contributed by atoms with Gasteiger partial charge in [0.15, 0.2) is 5.65 Å². The van der Waals surface area contributed by atoms with E-state index in [1.54, 1.807) is 18.3 Å². The first-order chi connectivity index (χ1) is 8.24. The van der Waals surface area contributed by atoms with Crippen molar-refractivity contribution < 1.29 is 5.11 Å². The van der Waals surface area contributed by atoms with Gasteiger partial charge in [-0.1, -0.05) is 11.6 Å². The van der Waals surface area contributed by atoms with Gasteiger partial charge in [0, 0.05) is 11.2 Å². The van der Waals surface area contributed by atoms with E-state index in [-0.39, 0.29) is 5.75 Å². The van der Waals surface area contributed by atoms with Gasteiger partial charge in [-0.15, -0.1) is 0 Å². The number of H-pyrrole nitrogens is 1. The second-order valence-electron chi connectivity index (χ2n) is 3.62. The minimum Gasteiger partial charge on any atom is -0.507 e. The molecule has 17 heavy (non-hydrogen) atoms. The Morgan fingerprint density at radius 2 is 2.12 bits per heavy atom. The fourth-order valence-electron chi connectivity index (χ4n) is 1.68. The van der Waals surface area contributed by atoms with Crippen molar-refractivity contribution in [1.82, 2.24) is 15.0 Å². The molecule has 0 spiro atoms. The molecule has 0 saturated heterocycles. The van der Waals surface area contributed by atoms with Crippen LogP contribution in [0.5, 0.6) is 5.75 Å². The number of nitrogens with one attached hydrogen (secondary N) is 1. The number of phenolic OH excluding ortho intramolecular Hbond substituents is 1. The van der Waals surface area contributed by atoms with Crippen LogP contribution < -0.4 is 0 Å². The van der Waals surface area contributed by atoms with Crippen molar-refractivity contribution in [2.24, 2.45) is 0 Å². The maximum absolute atomic E-state index is 9.81. The van der Waals surface area contributed by atoms with Crippen LogP contribution in [-0.4, -0.2) is 20.1 Å². The molecule has 0 aliphatic carbocycles. The van der Waals surface area contributed by atoms with E-state index in [4.69, 9.17) is 11.6 Å². The molecular weight excluding hydrogens is 238 g/mol. The van der Waals surface area contributed by atoms with Crippen molar-refractivity contribution >= 4 is 22.8 Å². The predicted octanol–water partition coefficient (Wildman–Crippen LogP) is 2.98. The zero-order valence-electron chi connectivity index (χ0n) is 8.68. The number of benzene rings is 1. The van der Waals surface area contributed by atoms with Crippen LogP contribution in [0, 0.1) is 0 Å². The minimum absolute atomic E-state index is 0.0940. The largest absolute Gasteiger partial charge is 0.507 e. The van der Waals surface area contributed by atoms with Crippen LogP contribution in [0.4, 0.5) is 0 Å². The number of halogens is 1. The molecule has 0 bridgehead atoms. The van der Waals surface area contributed by atoms with Crippen molar-refractivity contribution in [3.8, 4) is 17.1 Å². The zero-order valence-corrected chi connectivity index (χ0v) is 9.44. The highest BCUT2D eigenvalue weighted by Crippen LogP contribution is 2.30. The van der Waals surface area contributed by atoms with E-state index in [1.165, 1.54) is 6.07 Å². The van der Waals surface area contributed by atoms with E-state index in [1.807, 2.05) is 12.1 Å². The molecule has 0 fully saturated rings. The molecule has 0 unspecified atom stereocenters. The van der Waals surface area contributed by atoms with E-state index in [9.17, 15) is 5.11 Å². The number of nitrogens with zero attached hydrogens (tertiary/aromatic N) is 2. The molecule has 2 N–H and O–H groups in total. The summed E-state index contributed by atoms with van der Waals surface area (Å²) in [5, 5.41) is 10.3. The summed E-state index contributed by atoms with van der Waals surface area (Å²) in [4.78, 5) is 11.5. The number of imidazole rings is 1. The second kappa shape index (κ2) is 3.75. The summed E-state index contributed by atoms with van der Waals surface area (Å²) < 4.78 is 0. The van der Waals surface area contributed by atoms with E-state index in [0.29, 0.717) is 22.1 Å². The SMILES string of the molecule is Oc1cc(Cl)ccc1-c1nc2ncccc2[nH]1. The van der Waals surface area contributed by atoms with Crippen LogP contribution in [0.3, 0.4) is 0 Å².